The van der Waals surface area contributed by atoms with Crippen molar-refractivity contribution in [2.24, 2.45) is 5.92 Å². The van der Waals surface area contributed by atoms with Gasteiger partial charge in [0.05, 0.1) is 0 Å². The zero-order valence-electron chi connectivity index (χ0n) is 5.35. The van der Waals surface area contributed by atoms with E-state index in [1.165, 1.54) is 0 Å². The van der Waals surface area contributed by atoms with Gasteiger partial charge in [-0.3, -0.25) is 4.57 Å². The molecule has 0 saturated heterocycles. The minimum absolute atomic E-state index is 0.397. The van der Waals surface area contributed by atoms with Crippen LogP contribution in [0.25, 0.3) is 0 Å². The monoisotopic (exact) mass is 154 g/mol. The van der Waals surface area contributed by atoms with Gasteiger partial charge in [0.15, 0.2) is 5.85 Å². The highest BCUT2D eigenvalue weighted by Gasteiger charge is 2.28. The van der Waals surface area contributed by atoms with E-state index in [4.69, 9.17) is 14.9 Å². The average Bonchev–Trinajstić information content (AvgIpc) is 1.62. The third kappa shape index (κ3) is 2.96. The number of hydrogen-bond acceptors (Lipinski definition) is 2. The lowest BCUT2D eigenvalue weighted by Crippen LogP contribution is -2.14. The summed E-state index contributed by atoms with van der Waals surface area (Å²) in [5, 5.41) is 8.70. The highest BCUT2D eigenvalue weighted by Crippen LogP contribution is 2.42. The van der Waals surface area contributed by atoms with Gasteiger partial charge in [-0.15, -0.1) is 0 Å². The van der Waals surface area contributed by atoms with Gasteiger partial charge in [-0.1, -0.05) is 13.8 Å². The molecule has 0 saturated carbocycles. The number of aliphatic hydroxyl groups is 1. The Morgan fingerprint density at radius 3 is 1.67 bits per heavy atom. The van der Waals surface area contributed by atoms with E-state index in [1.54, 1.807) is 13.8 Å². The summed E-state index contributed by atoms with van der Waals surface area (Å²) in [6, 6.07) is 0. The Labute approximate surface area is 53.7 Å². The maximum atomic E-state index is 10.2. The van der Waals surface area contributed by atoms with Gasteiger partial charge in [0.1, 0.15) is 0 Å². The van der Waals surface area contributed by atoms with E-state index in [-0.39, 0.29) is 0 Å². The molecule has 9 heavy (non-hydrogen) atoms. The first-order valence-electron chi connectivity index (χ1n) is 2.59. The highest BCUT2D eigenvalue weighted by molar-refractivity contribution is 7.52. The first-order chi connectivity index (χ1) is 3.85. The average molecular weight is 154 g/mol. The second-order valence-corrected chi connectivity index (χ2v) is 3.95. The Morgan fingerprint density at radius 2 is 1.67 bits per heavy atom. The molecule has 0 bridgehead atoms. The molecule has 0 rings (SSSR count). The molecule has 0 aromatic rings. The van der Waals surface area contributed by atoms with E-state index < -0.39 is 19.4 Å². The van der Waals surface area contributed by atoms with E-state index >= 15 is 0 Å². The van der Waals surface area contributed by atoms with Gasteiger partial charge in [0.25, 0.3) is 0 Å². The number of hydrogen-bond donors (Lipinski definition) is 3. The summed E-state index contributed by atoms with van der Waals surface area (Å²) in [4.78, 5) is 16.6. The third-order valence-corrected chi connectivity index (χ3v) is 2.23. The van der Waals surface area contributed by atoms with Crippen molar-refractivity contribution in [2.45, 2.75) is 19.7 Å². The molecule has 56 valence electrons. The highest BCUT2D eigenvalue weighted by atomic mass is 31.2. The minimum Gasteiger partial charge on any atom is -0.380 e. The fourth-order valence-electron chi connectivity index (χ4n) is 0.388. The summed E-state index contributed by atoms with van der Waals surface area (Å²) in [7, 11) is -4.26. The van der Waals surface area contributed by atoms with Crippen molar-refractivity contribution in [2.75, 3.05) is 0 Å². The Hall–Kier alpha value is 0.110. The van der Waals surface area contributed by atoms with E-state index in [9.17, 15) is 4.57 Å². The van der Waals surface area contributed by atoms with Crippen LogP contribution >= 0.6 is 7.60 Å². The van der Waals surface area contributed by atoms with Gasteiger partial charge < -0.3 is 14.9 Å². The second kappa shape index (κ2) is 2.80. The minimum atomic E-state index is -4.26. The van der Waals surface area contributed by atoms with Gasteiger partial charge in [0, 0.05) is 0 Å². The molecule has 0 unspecified atom stereocenters. The smallest absolute Gasteiger partial charge is 0.354 e. The summed E-state index contributed by atoms with van der Waals surface area (Å²) in [6.45, 7) is 3.09. The Kier molecular flexibility index (Phi) is 2.83. The number of rotatable bonds is 2. The van der Waals surface area contributed by atoms with Gasteiger partial charge in [-0.05, 0) is 5.92 Å². The van der Waals surface area contributed by atoms with E-state index in [0.717, 1.165) is 0 Å². The largest absolute Gasteiger partial charge is 0.380 e. The summed E-state index contributed by atoms with van der Waals surface area (Å²) in [5.74, 6) is -1.91. The molecule has 0 fully saturated rings. The molecule has 0 heterocycles. The summed E-state index contributed by atoms with van der Waals surface area (Å²) in [5.41, 5.74) is 0. The fraction of sp³-hybridized carbons (Fsp3) is 1.00. The van der Waals surface area contributed by atoms with Crippen molar-refractivity contribution in [3.63, 3.8) is 0 Å². The van der Waals surface area contributed by atoms with Crippen LogP contribution in [0.3, 0.4) is 0 Å². The van der Waals surface area contributed by atoms with Crippen LogP contribution < -0.4 is 0 Å². The van der Waals surface area contributed by atoms with Crippen molar-refractivity contribution < 1.29 is 19.5 Å². The molecule has 0 aromatic carbocycles. The third-order valence-electron chi connectivity index (χ3n) is 0.941. The van der Waals surface area contributed by atoms with Crippen LogP contribution in [0, 0.1) is 5.92 Å². The normalized spacial score (nSPS) is 16.2. The van der Waals surface area contributed by atoms with Crippen LogP contribution in [-0.2, 0) is 4.57 Å². The molecule has 0 aliphatic rings. The molecule has 5 heteroatoms. The molecule has 0 aliphatic heterocycles. The molecule has 0 amide bonds. The molecule has 0 radical (unpaired) electrons. The summed E-state index contributed by atoms with van der Waals surface area (Å²) in [6.07, 6.45) is 0. The molecular formula is C4H11O4P. The Morgan fingerprint density at radius 1 is 1.33 bits per heavy atom. The second-order valence-electron chi connectivity index (χ2n) is 2.25. The van der Waals surface area contributed by atoms with Crippen LogP contribution in [0.5, 0.6) is 0 Å². The topological polar surface area (TPSA) is 77.8 Å². The van der Waals surface area contributed by atoms with Crippen LogP contribution in [0.2, 0.25) is 0 Å². The zero-order valence-corrected chi connectivity index (χ0v) is 6.25. The first-order valence-corrected chi connectivity index (χ1v) is 4.27. The fourth-order valence-corrected chi connectivity index (χ4v) is 1.17. The SMILES string of the molecule is CC(C)[C@@H](O)P(=O)(O)O. The summed E-state index contributed by atoms with van der Waals surface area (Å²) >= 11 is 0. The quantitative estimate of drug-likeness (QED) is 0.494. The lowest BCUT2D eigenvalue weighted by molar-refractivity contribution is 0.161. The van der Waals surface area contributed by atoms with Crippen LogP contribution in [-0.4, -0.2) is 20.7 Å². The molecule has 1 atom stereocenters. The van der Waals surface area contributed by atoms with Crippen molar-refractivity contribution in [1.82, 2.24) is 0 Å². The maximum absolute atomic E-state index is 10.2. The molecule has 0 aliphatic carbocycles. The molecule has 0 spiro atoms. The van der Waals surface area contributed by atoms with Crippen LogP contribution in [0.1, 0.15) is 13.8 Å². The molecule has 0 aromatic heterocycles. The molecular weight excluding hydrogens is 143 g/mol. The van der Waals surface area contributed by atoms with Crippen molar-refractivity contribution in [3.05, 3.63) is 0 Å². The lowest BCUT2D eigenvalue weighted by Gasteiger charge is -2.14. The first kappa shape index (κ1) is 9.11. The predicted molar refractivity (Wildman–Crippen MR) is 32.9 cm³/mol. The van der Waals surface area contributed by atoms with Gasteiger partial charge in [0.2, 0.25) is 0 Å². The molecule has 3 N–H and O–H groups in total. The van der Waals surface area contributed by atoms with Crippen molar-refractivity contribution in [1.29, 1.82) is 0 Å². The van der Waals surface area contributed by atoms with Crippen molar-refractivity contribution in [3.8, 4) is 0 Å². The Balaban J connectivity index is 4.05. The predicted octanol–water partition coefficient (Wildman–Crippen LogP) is 0.138. The van der Waals surface area contributed by atoms with Crippen LogP contribution in [0.15, 0.2) is 0 Å². The summed E-state index contributed by atoms with van der Waals surface area (Å²) < 4.78 is 10.2. The Bertz CT molecular complexity index is 127. The van der Waals surface area contributed by atoms with E-state index in [1.807, 2.05) is 0 Å². The van der Waals surface area contributed by atoms with Gasteiger partial charge in [-0.2, -0.15) is 0 Å². The van der Waals surface area contributed by atoms with Crippen LogP contribution in [0.4, 0.5) is 0 Å². The maximum Gasteiger partial charge on any atom is 0.354 e. The molecule has 4 nitrogen and oxygen atoms in total. The number of aliphatic hydroxyl groups excluding tert-OH is 1. The van der Waals surface area contributed by atoms with E-state index in [2.05, 4.69) is 0 Å². The van der Waals surface area contributed by atoms with Gasteiger partial charge >= 0.3 is 7.60 Å². The lowest BCUT2D eigenvalue weighted by atomic mass is 10.2. The van der Waals surface area contributed by atoms with Crippen molar-refractivity contribution >= 4 is 7.60 Å². The zero-order chi connectivity index (χ0) is 7.65. The van der Waals surface area contributed by atoms with Gasteiger partial charge in [-0.25, -0.2) is 0 Å². The van der Waals surface area contributed by atoms with E-state index in [0.29, 0.717) is 0 Å². The standard InChI is InChI=1S/C4H11O4P/c1-3(2)4(5)9(6,7)8/h3-5H,1-2H3,(H2,6,7,8)/t4-/m0/s1.